The van der Waals surface area contributed by atoms with Gasteiger partial charge in [-0.25, -0.2) is 9.78 Å². The third-order valence-electron chi connectivity index (χ3n) is 1.72. The van der Waals surface area contributed by atoms with Crippen molar-refractivity contribution in [3.05, 3.63) is 23.9 Å². The van der Waals surface area contributed by atoms with Crippen molar-refractivity contribution < 1.29 is 14.3 Å². The Morgan fingerprint density at radius 2 is 2.33 bits per heavy atom. The average Bonchev–Trinajstić information content (AvgIpc) is 2.29. The molecule has 1 rings (SSSR count). The summed E-state index contributed by atoms with van der Waals surface area (Å²) in [5.41, 5.74) is 5.56. The predicted octanol–water partition coefficient (Wildman–Crippen LogP) is 0.596. The summed E-state index contributed by atoms with van der Waals surface area (Å²) in [7, 11) is 1.31. The maximum absolute atomic E-state index is 11.1. The zero-order chi connectivity index (χ0) is 11.1. The maximum Gasteiger partial charge on any atom is 0.356 e. The van der Waals surface area contributed by atoms with Crippen molar-refractivity contribution in [2.45, 2.75) is 6.42 Å². The van der Waals surface area contributed by atoms with Crippen LogP contribution >= 0.6 is 0 Å². The minimum Gasteiger partial charge on any atom is -0.478 e. The topological polar surface area (TPSA) is 74.4 Å². The van der Waals surface area contributed by atoms with Crippen molar-refractivity contribution in [1.29, 1.82) is 0 Å². The summed E-state index contributed by atoms with van der Waals surface area (Å²) in [6.07, 6.45) is 0.754. The predicted molar refractivity (Wildman–Crippen MR) is 54.7 cm³/mol. The molecule has 0 aliphatic heterocycles. The SMILES string of the molecule is COC(=O)c1cccc(OCCCN)n1. The first-order valence-electron chi connectivity index (χ1n) is 4.66. The van der Waals surface area contributed by atoms with Gasteiger partial charge in [-0.15, -0.1) is 0 Å². The molecule has 0 amide bonds. The minimum absolute atomic E-state index is 0.239. The molecule has 1 heterocycles. The lowest BCUT2D eigenvalue weighted by molar-refractivity contribution is 0.0592. The van der Waals surface area contributed by atoms with Crippen LogP contribution in [0, 0.1) is 0 Å². The van der Waals surface area contributed by atoms with E-state index in [1.165, 1.54) is 7.11 Å². The van der Waals surface area contributed by atoms with Gasteiger partial charge in [0.25, 0.3) is 0 Å². The molecule has 0 spiro atoms. The number of nitrogens with two attached hydrogens (primary N) is 1. The number of nitrogens with zero attached hydrogens (tertiary/aromatic N) is 1. The van der Waals surface area contributed by atoms with E-state index < -0.39 is 5.97 Å². The Kier molecular flexibility index (Phi) is 4.56. The molecule has 1 aromatic heterocycles. The van der Waals surface area contributed by atoms with E-state index in [9.17, 15) is 4.79 Å². The zero-order valence-electron chi connectivity index (χ0n) is 8.60. The van der Waals surface area contributed by atoms with E-state index in [4.69, 9.17) is 10.5 Å². The molecule has 5 heteroatoms. The number of rotatable bonds is 5. The van der Waals surface area contributed by atoms with E-state index in [2.05, 4.69) is 9.72 Å². The third-order valence-corrected chi connectivity index (χ3v) is 1.72. The van der Waals surface area contributed by atoms with Crippen molar-refractivity contribution in [2.24, 2.45) is 5.73 Å². The number of pyridine rings is 1. The van der Waals surface area contributed by atoms with Gasteiger partial charge in [-0.3, -0.25) is 0 Å². The van der Waals surface area contributed by atoms with Gasteiger partial charge in [0.2, 0.25) is 5.88 Å². The molecule has 0 fully saturated rings. The van der Waals surface area contributed by atoms with Crippen LogP contribution in [0.2, 0.25) is 0 Å². The molecule has 0 aromatic carbocycles. The Morgan fingerprint density at radius 3 is 3.00 bits per heavy atom. The summed E-state index contributed by atoms with van der Waals surface area (Å²) in [6, 6.07) is 4.95. The molecule has 0 unspecified atom stereocenters. The van der Waals surface area contributed by atoms with Crippen LogP contribution in [0.1, 0.15) is 16.9 Å². The third kappa shape index (κ3) is 3.55. The highest BCUT2D eigenvalue weighted by molar-refractivity contribution is 5.87. The van der Waals surface area contributed by atoms with Gasteiger partial charge in [-0.05, 0) is 19.0 Å². The van der Waals surface area contributed by atoms with Gasteiger partial charge < -0.3 is 15.2 Å². The first-order valence-corrected chi connectivity index (χ1v) is 4.66. The van der Waals surface area contributed by atoms with Crippen molar-refractivity contribution in [3.8, 4) is 5.88 Å². The molecule has 0 saturated heterocycles. The lowest BCUT2D eigenvalue weighted by atomic mass is 10.3. The fourth-order valence-corrected chi connectivity index (χ4v) is 0.974. The molecule has 0 atom stereocenters. The summed E-state index contributed by atoms with van der Waals surface area (Å²) in [6.45, 7) is 1.06. The van der Waals surface area contributed by atoms with Crippen LogP contribution in [0.5, 0.6) is 5.88 Å². The van der Waals surface area contributed by atoms with Crippen LogP contribution in [0.15, 0.2) is 18.2 Å². The molecule has 2 N–H and O–H groups in total. The number of aromatic nitrogens is 1. The lowest BCUT2D eigenvalue weighted by Gasteiger charge is -2.05. The quantitative estimate of drug-likeness (QED) is 0.569. The van der Waals surface area contributed by atoms with Crippen molar-refractivity contribution in [1.82, 2.24) is 4.98 Å². The molecule has 0 aliphatic rings. The molecule has 0 aliphatic carbocycles. The van der Waals surface area contributed by atoms with E-state index >= 15 is 0 Å². The molecular weight excluding hydrogens is 196 g/mol. The van der Waals surface area contributed by atoms with Crippen LogP contribution in [-0.2, 0) is 4.74 Å². The Morgan fingerprint density at radius 1 is 1.53 bits per heavy atom. The molecule has 15 heavy (non-hydrogen) atoms. The van der Waals surface area contributed by atoms with E-state index in [0.29, 0.717) is 19.0 Å². The minimum atomic E-state index is -0.473. The monoisotopic (exact) mass is 210 g/mol. The summed E-state index contributed by atoms with van der Waals surface area (Å²) in [4.78, 5) is 15.1. The summed E-state index contributed by atoms with van der Waals surface area (Å²) >= 11 is 0. The number of carbonyl (C=O) groups is 1. The van der Waals surface area contributed by atoms with E-state index in [1.54, 1.807) is 18.2 Å². The van der Waals surface area contributed by atoms with Crippen molar-refractivity contribution in [2.75, 3.05) is 20.3 Å². The fraction of sp³-hybridized carbons (Fsp3) is 0.400. The second-order valence-electron chi connectivity index (χ2n) is 2.84. The standard InChI is InChI=1S/C10H14N2O3/c1-14-10(13)8-4-2-5-9(12-8)15-7-3-6-11/h2,4-5H,3,6-7,11H2,1H3. The number of ether oxygens (including phenoxy) is 2. The Hall–Kier alpha value is -1.62. The zero-order valence-corrected chi connectivity index (χ0v) is 8.60. The number of methoxy groups -OCH3 is 1. The van der Waals surface area contributed by atoms with Crippen LogP contribution in [0.25, 0.3) is 0 Å². The molecule has 0 radical (unpaired) electrons. The van der Waals surface area contributed by atoms with Gasteiger partial charge in [0.05, 0.1) is 13.7 Å². The summed E-state index contributed by atoms with van der Waals surface area (Å²) in [5.74, 6) is -0.0642. The Labute approximate surface area is 88.2 Å². The van der Waals surface area contributed by atoms with E-state index in [-0.39, 0.29) is 5.69 Å². The van der Waals surface area contributed by atoms with Gasteiger partial charge in [-0.2, -0.15) is 0 Å². The first-order chi connectivity index (χ1) is 7.27. The number of hydrogen-bond acceptors (Lipinski definition) is 5. The molecule has 0 saturated carbocycles. The number of hydrogen-bond donors (Lipinski definition) is 1. The van der Waals surface area contributed by atoms with E-state index in [1.807, 2.05) is 0 Å². The molecular formula is C10H14N2O3. The highest BCUT2D eigenvalue weighted by Crippen LogP contribution is 2.08. The van der Waals surface area contributed by atoms with E-state index in [0.717, 1.165) is 6.42 Å². The second kappa shape index (κ2) is 5.98. The number of carbonyl (C=O) groups excluding carboxylic acids is 1. The van der Waals surface area contributed by atoms with Gasteiger partial charge in [0.15, 0.2) is 5.69 Å². The summed E-state index contributed by atoms with van der Waals surface area (Å²) < 4.78 is 9.82. The van der Waals surface area contributed by atoms with Crippen molar-refractivity contribution >= 4 is 5.97 Å². The smallest absolute Gasteiger partial charge is 0.356 e. The van der Waals surface area contributed by atoms with Crippen LogP contribution in [0.3, 0.4) is 0 Å². The molecule has 0 bridgehead atoms. The summed E-state index contributed by atoms with van der Waals surface area (Å²) in [5, 5.41) is 0. The highest BCUT2D eigenvalue weighted by atomic mass is 16.5. The Balaban J connectivity index is 2.62. The van der Waals surface area contributed by atoms with Crippen LogP contribution in [0.4, 0.5) is 0 Å². The van der Waals surface area contributed by atoms with Gasteiger partial charge >= 0.3 is 5.97 Å². The lowest BCUT2D eigenvalue weighted by Crippen LogP contribution is -2.09. The number of esters is 1. The maximum atomic E-state index is 11.1. The first kappa shape index (κ1) is 11.5. The van der Waals surface area contributed by atoms with Crippen molar-refractivity contribution in [3.63, 3.8) is 0 Å². The van der Waals surface area contributed by atoms with Crippen LogP contribution < -0.4 is 10.5 Å². The average molecular weight is 210 g/mol. The normalized spacial score (nSPS) is 9.73. The van der Waals surface area contributed by atoms with Gasteiger partial charge in [-0.1, -0.05) is 6.07 Å². The Bertz CT molecular complexity index is 328. The second-order valence-corrected chi connectivity index (χ2v) is 2.84. The van der Waals surface area contributed by atoms with Crippen LogP contribution in [-0.4, -0.2) is 31.2 Å². The molecule has 82 valence electrons. The van der Waals surface area contributed by atoms with Gasteiger partial charge in [0.1, 0.15) is 0 Å². The molecule has 5 nitrogen and oxygen atoms in total. The largest absolute Gasteiger partial charge is 0.478 e. The van der Waals surface area contributed by atoms with Gasteiger partial charge in [0, 0.05) is 6.07 Å². The fourth-order valence-electron chi connectivity index (χ4n) is 0.974. The molecule has 1 aromatic rings. The highest BCUT2D eigenvalue weighted by Gasteiger charge is 2.07.